The molecular formula is C42H43N3O5. The minimum atomic E-state index is -0.379. The van der Waals surface area contributed by atoms with Gasteiger partial charge in [0.2, 0.25) is 5.43 Å². The van der Waals surface area contributed by atoms with Crippen molar-refractivity contribution in [2.75, 3.05) is 37.8 Å². The Bertz CT molecular complexity index is 2090. The van der Waals surface area contributed by atoms with Crippen LogP contribution in [0.3, 0.4) is 0 Å². The third kappa shape index (κ3) is 8.58. The molecule has 0 spiro atoms. The van der Waals surface area contributed by atoms with Crippen molar-refractivity contribution in [2.24, 2.45) is 0 Å². The zero-order valence-corrected chi connectivity index (χ0v) is 28.5. The highest BCUT2D eigenvalue weighted by Gasteiger charge is 2.20. The molecule has 8 nitrogen and oxygen atoms in total. The molecule has 0 amide bonds. The molecule has 256 valence electrons. The second-order valence-corrected chi connectivity index (χ2v) is 12.8. The van der Waals surface area contributed by atoms with Crippen LogP contribution in [-0.4, -0.2) is 43.2 Å². The van der Waals surface area contributed by atoms with Crippen LogP contribution in [0.1, 0.15) is 41.0 Å². The molecule has 0 saturated carbocycles. The van der Waals surface area contributed by atoms with Gasteiger partial charge >= 0.3 is 5.97 Å². The van der Waals surface area contributed by atoms with Crippen molar-refractivity contribution < 1.29 is 19.1 Å². The molecule has 3 N–H and O–H groups in total. The fraction of sp³-hybridized carbons (Fsp3) is 0.238. The number of esters is 1. The lowest BCUT2D eigenvalue weighted by Crippen LogP contribution is -2.21. The van der Waals surface area contributed by atoms with Gasteiger partial charge < -0.3 is 29.8 Å². The molecule has 1 atom stereocenters. The standard InChI is InChI=1S/C42H43N3O5/c1-45(2)24-23-43-37-21-19-33(28-46)42-40(37)41(48)36-26-35(20-22-38(36)50-42)49-39(47)25-32(18-13-29-9-5-3-6-10-29)31-16-14-30(15-17-31)27-44-34-11-7-4-8-12-34/h3-12,14-17,19-22,26,32,43-44,46H,13,18,23-25,27-28H2,1-2H3. The summed E-state index contributed by atoms with van der Waals surface area (Å²) in [5.74, 6) is -0.171. The largest absolute Gasteiger partial charge is 0.455 e. The van der Waals surface area contributed by atoms with Crippen LogP contribution < -0.4 is 20.8 Å². The summed E-state index contributed by atoms with van der Waals surface area (Å²) >= 11 is 0. The van der Waals surface area contributed by atoms with Crippen LogP contribution in [0.25, 0.3) is 21.9 Å². The monoisotopic (exact) mass is 669 g/mol. The molecule has 0 fully saturated rings. The number of fused-ring (bicyclic) bond motifs is 2. The summed E-state index contributed by atoms with van der Waals surface area (Å²) in [5, 5.41) is 17.4. The van der Waals surface area contributed by atoms with Gasteiger partial charge in [-0.05, 0) is 85.9 Å². The number of aliphatic hydroxyl groups excluding tert-OH is 1. The molecule has 1 unspecified atom stereocenters. The van der Waals surface area contributed by atoms with Gasteiger partial charge in [-0.15, -0.1) is 0 Å². The maximum atomic E-state index is 13.9. The normalized spacial score (nSPS) is 11.9. The van der Waals surface area contributed by atoms with Gasteiger partial charge in [-0.3, -0.25) is 9.59 Å². The number of hydrogen-bond donors (Lipinski definition) is 3. The van der Waals surface area contributed by atoms with Crippen molar-refractivity contribution in [1.82, 2.24) is 4.90 Å². The van der Waals surface area contributed by atoms with E-state index in [4.69, 9.17) is 9.15 Å². The smallest absolute Gasteiger partial charge is 0.311 e. The van der Waals surface area contributed by atoms with Crippen molar-refractivity contribution >= 4 is 39.3 Å². The van der Waals surface area contributed by atoms with Crippen molar-refractivity contribution in [3.8, 4) is 5.75 Å². The van der Waals surface area contributed by atoms with Crippen molar-refractivity contribution in [3.05, 3.63) is 148 Å². The van der Waals surface area contributed by atoms with Gasteiger partial charge in [-0.2, -0.15) is 0 Å². The Morgan fingerprint density at radius 3 is 2.32 bits per heavy atom. The van der Waals surface area contributed by atoms with Gasteiger partial charge in [0.1, 0.15) is 16.9 Å². The van der Waals surface area contributed by atoms with Crippen LogP contribution >= 0.6 is 0 Å². The molecule has 6 aromatic rings. The number of hydrogen-bond acceptors (Lipinski definition) is 8. The number of para-hydroxylation sites is 1. The number of nitrogens with one attached hydrogen (secondary N) is 2. The van der Waals surface area contributed by atoms with E-state index in [9.17, 15) is 14.7 Å². The molecule has 50 heavy (non-hydrogen) atoms. The first kappa shape index (κ1) is 34.4. The summed E-state index contributed by atoms with van der Waals surface area (Å²) in [6.07, 6.45) is 1.77. The molecule has 0 aliphatic heterocycles. The molecule has 1 aromatic heterocycles. The lowest BCUT2D eigenvalue weighted by molar-refractivity contribution is -0.134. The predicted octanol–water partition coefficient (Wildman–Crippen LogP) is 7.74. The van der Waals surface area contributed by atoms with Crippen molar-refractivity contribution in [3.63, 3.8) is 0 Å². The Hall–Kier alpha value is -5.44. The Morgan fingerprint density at radius 2 is 1.60 bits per heavy atom. The van der Waals surface area contributed by atoms with E-state index < -0.39 is 0 Å². The molecule has 0 aliphatic rings. The Balaban J connectivity index is 1.22. The average Bonchev–Trinajstić information content (AvgIpc) is 3.13. The number of carbonyl (C=O) groups excluding carboxylic acids is 1. The second-order valence-electron chi connectivity index (χ2n) is 12.8. The summed E-state index contributed by atoms with van der Waals surface area (Å²) in [5.41, 5.74) is 6.07. The summed E-state index contributed by atoms with van der Waals surface area (Å²) in [6.45, 7) is 1.82. The third-order valence-electron chi connectivity index (χ3n) is 8.91. The minimum Gasteiger partial charge on any atom is -0.455 e. The summed E-state index contributed by atoms with van der Waals surface area (Å²) in [7, 11) is 3.96. The fourth-order valence-corrected chi connectivity index (χ4v) is 6.15. The molecule has 6 rings (SSSR count). The number of likely N-dealkylation sites (N-methyl/N-ethyl adjacent to an activating group) is 1. The van der Waals surface area contributed by atoms with Gasteiger partial charge in [0, 0.05) is 36.6 Å². The highest BCUT2D eigenvalue weighted by Crippen LogP contribution is 2.31. The lowest BCUT2D eigenvalue weighted by Gasteiger charge is -2.18. The zero-order chi connectivity index (χ0) is 34.9. The molecule has 0 aliphatic carbocycles. The van der Waals surface area contributed by atoms with E-state index in [1.165, 1.54) is 5.56 Å². The van der Waals surface area contributed by atoms with Crippen LogP contribution in [0.2, 0.25) is 0 Å². The minimum absolute atomic E-state index is 0.0685. The van der Waals surface area contributed by atoms with Crippen LogP contribution in [-0.2, 0) is 24.4 Å². The fourth-order valence-electron chi connectivity index (χ4n) is 6.15. The number of benzene rings is 5. The highest BCUT2D eigenvalue weighted by molar-refractivity contribution is 5.99. The number of ether oxygens (including phenoxy) is 1. The summed E-state index contributed by atoms with van der Waals surface area (Å²) < 4.78 is 12.1. The van der Waals surface area contributed by atoms with E-state index in [0.29, 0.717) is 46.3 Å². The predicted molar refractivity (Wildman–Crippen MR) is 201 cm³/mol. The van der Waals surface area contributed by atoms with E-state index in [0.717, 1.165) is 36.2 Å². The Morgan fingerprint density at radius 1 is 0.860 bits per heavy atom. The van der Waals surface area contributed by atoms with E-state index in [1.54, 1.807) is 30.3 Å². The Kier molecular flexibility index (Phi) is 11.2. The number of aryl methyl sites for hydroxylation is 1. The van der Waals surface area contributed by atoms with E-state index in [-0.39, 0.29) is 36.1 Å². The third-order valence-corrected chi connectivity index (χ3v) is 8.91. The Labute approximate surface area is 292 Å². The van der Waals surface area contributed by atoms with Gasteiger partial charge in [-0.25, -0.2) is 0 Å². The van der Waals surface area contributed by atoms with Gasteiger partial charge in [0.25, 0.3) is 0 Å². The zero-order valence-electron chi connectivity index (χ0n) is 28.5. The van der Waals surface area contributed by atoms with Crippen molar-refractivity contribution in [1.29, 1.82) is 0 Å². The first-order valence-corrected chi connectivity index (χ1v) is 17.0. The summed E-state index contributed by atoms with van der Waals surface area (Å²) in [4.78, 5) is 29.5. The first-order chi connectivity index (χ1) is 24.4. The quantitative estimate of drug-likeness (QED) is 0.0580. The van der Waals surface area contributed by atoms with Gasteiger partial charge in [0.05, 0.1) is 23.8 Å². The number of carbonyl (C=O) groups is 1. The van der Waals surface area contributed by atoms with Gasteiger partial charge in [-0.1, -0.05) is 78.9 Å². The van der Waals surface area contributed by atoms with E-state index in [2.05, 4.69) is 47.0 Å². The maximum Gasteiger partial charge on any atom is 0.311 e. The highest BCUT2D eigenvalue weighted by atomic mass is 16.5. The van der Waals surface area contributed by atoms with Crippen LogP contribution in [0.4, 0.5) is 11.4 Å². The van der Waals surface area contributed by atoms with Crippen LogP contribution in [0.15, 0.2) is 124 Å². The number of rotatable bonds is 15. The van der Waals surface area contributed by atoms with Crippen molar-refractivity contribution in [2.45, 2.75) is 38.3 Å². The molecule has 1 heterocycles. The molecular weight excluding hydrogens is 626 g/mol. The average molecular weight is 670 g/mol. The number of anilines is 2. The maximum absolute atomic E-state index is 13.9. The number of nitrogens with zero attached hydrogens (tertiary/aromatic N) is 1. The summed E-state index contributed by atoms with van der Waals surface area (Å²) in [6, 6.07) is 37.2. The molecule has 0 radical (unpaired) electrons. The molecule has 8 heteroatoms. The van der Waals surface area contributed by atoms with E-state index in [1.807, 2.05) is 67.5 Å². The molecule has 0 bridgehead atoms. The molecule has 5 aromatic carbocycles. The second kappa shape index (κ2) is 16.3. The number of aliphatic hydroxyl groups is 1. The topological polar surface area (TPSA) is 104 Å². The first-order valence-electron chi connectivity index (χ1n) is 17.0. The lowest BCUT2D eigenvalue weighted by atomic mass is 9.89. The van der Waals surface area contributed by atoms with E-state index >= 15 is 0 Å². The molecule has 0 saturated heterocycles. The van der Waals surface area contributed by atoms with Gasteiger partial charge in [0.15, 0.2) is 0 Å². The van der Waals surface area contributed by atoms with Crippen LogP contribution in [0, 0.1) is 0 Å². The SMILES string of the molecule is CN(C)CCNc1ccc(CO)c2oc3ccc(OC(=O)CC(CCc4ccccc4)c4ccc(CNc5ccccc5)cc4)cc3c(=O)c12. The van der Waals surface area contributed by atoms with Crippen LogP contribution in [0.5, 0.6) is 5.75 Å².